The molecule has 0 aromatic carbocycles. The van der Waals surface area contributed by atoms with Crippen molar-refractivity contribution < 1.29 is 4.39 Å². The second-order valence-electron chi connectivity index (χ2n) is 2.50. The Bertz CT molecular complexity index is 472. The Hall–Kier alpha value is -1.42. The van der Waals surface area contributed by atoms with Crippen LogP contribution in [-0.4, -0.2) is 9.97 Å². The highest BCUT2D eigenvalue weighted by Gasteiger charge is 2.10. The minimum absolute atomic E-state index is 0.0596. The average molecular weight is 198 g/mol. The first-order valence-electron chi connectivity index (χ1n) is 3.55. The van der Waals surface area contributed by atoms with Gasteiger partial charge in [0.15, 0.2) is 11.0 Å². The molecule has 2 aromatic heterocycles. The second-order valence-corrected chi connectivity index (χ2v) is 2.86. The van der Waals surface area contributed by atoms with Crippen LogP contribution in [0, 0.1) is 5.82 Å². The molecule has 5 heteroatoms. The molecule has 13 heavy (non-hydrogen) atoms. The maximum atomic E-state index is 13.1. The molecule has 0 radical (unpaired) electrons. The number of aromatic nitrogens is 2. The summed E-state index contributed by atoms with van der Waals surface area (Å²) in [5, 5.41) is -0.224. The van der Waals surface area contributed by atoms with E-state index in [1.54, 1.807) is 12.1 Å². The lowest BCUT2D eigenvalue weighted by Gasteiger charge is -2.02. The number of rotatable bonds is 0. The van der Waals surface area contributed by atoms with Crippen molar-refractivity contribution in [3.63, 3.8) is 0 Å². The van der Waals surface area contributed by atoms with Gasteiger partial charge < -0.3 is 5.73 Å². The van der Waals surface area contributed by atoms with Crippen LogP contribution in [0.15, 0.2) is 18.3 Å². The monoisotopic (exact) mass is 197 g/mol. The van der Waals surface area contributed by atoms with Gasteiger partial charge in [-0.25, -0.2) is 9.37 Å². The molecule has 0 unspecified atom stereocenters. The number of nitrogens with zero attached hydrogens (tertiary/aromatic N) is 2. The summed E-state index contributed by atoms with van der Waals surface area (Å²) in [5.74, 6) is -0.715. The summed E-state index contributed by atoms with van der Waals surface area (Å²) >= 11 is 5.50. The van der Waals surface area contributed by atoms with Crippen molar-refractivity contribution in [2.45, 2.75) is 0 Å². The van der Waals surface area contributed by atoms with Gasteiger partial charge in [0.05, 0.1) is 11.2 Å². The van der Waals surface area contributed by atoms with E-state index in [2.05, 4.69) is 9.97 Å². The molecule has 0 aliphatic carbocycles. The zero-order chi connectivity index (χ0) is 9.42. The van der Waals surface area contributed by atoms with E-state index in [9.17, 15) is 4.39 Å². The highest BCUT2D eigenvalue weighted by Crippen LogP contribution is 2.24. The Kier molecular flexibility index (Phi) is 1.77. The highest BCUT2D eigenvalue weighted by molar-refractivity contribution is 6.30. The Morgan fingerprint density at radius 1 is 1.46 bits per heavy atom. The molecule has 0 aliphatic rings. The third-order valence-electron chi connectivity index (χ3n) is 1.68. The molecular formula is C8H5ClFN3. The van der Waals surface area contributed by atoms with Crippen molar-refractivity contribution in [1.82, 2.24) is 9.97 Å². The quantitative estimate of drug-likeness (QED) is 0.658. The fourth-order valence-corrected chi connectivity index (χ4v) is 1.26. The molecule has 66 valence electrons. The third kappa shape index (κ3) is 1.19. The lowest BCUT2D eigenvalue weighted by molar-refractivity contribution is 0.629. The minimum atomic E-state index is -0.715. The second kappa shape index (κ2) is 2.81. The Balaban J connectivity index is 2.94. The van der Waals surface area contributed by atoms with E-state index in [1.807, 2.05) is 0 Å². The fourth-order valence-electron chi connectivity index (χ4n) is 1.06. The Morgan fingerprint density at radius 3 is 3.00 bits per heavy atom. The van der Waals surface area contributed by atoms with Crippen LogP contribution >= 0.6 is 11.6 Å². The molecule has 0 fully saturated rings. The van der Waals surface area contributed by atoms with Crippen molar-refractivity contribution in [3.8, 4) is 0 Å². The molecular weight excluding hydrogens is 193 g/mol. The zero-order valence-corrected chi connectivity index (χ0v) is 7.22. The van der Waals surface area contributed by atoms with E-state index >= 15 is 0 Å². The lowest BCUT2D eigenvalue weighted by atomic mass is 10.3. The highest BCUT2D eigenvalue weighted by atomic mass is 35.5. The summed E-state index contributed by atoms with van der Waals surface area (Å²) < 4.78 is 13.1. The minimum Gasteiger partial charge on any atom is -0.394 e. The normalized spacial score (nSPS) is 10.6. The molecule has 3 nitrogen and oxygen atoms in total. The van der Waals surface area contributed by atoms with Gasteiger partial charge in [-0.05, 0) is 12.1 Å². The first-order valence-corrected chi connectivity index (χ1v) is 3.93. The van der Waals surface area contributed by atoms with Gasteiger partial charge in [-0.1, -0.05) is 11.6 Å². The number of fused-ring (bicyclic) bond motifs is 1. The van der Waals surface area contributed by atoms with Gasteiger partial charge in [-0.3, -0.25) is 4.98 Å². The lowest BCUT2D eigenvalue weighted by Crippen LogP contribution is -1.97. The van der Waals surface area contributed by atoms with Crippen LogP contribution in [0.1, 0.15) is 0 Å². The molecule has 0 atom stereocenters. The van der Waals surface area contributed by atoms with Gasteiger partial charge in [-0.2, -0.15) is 0 Å². The van der Waals surface area contributed by atoms with Crippen molar-refractivity contribution in [3.05, 3.63) is 29.3 Å². The molecule has 2 heterocycles. The van der Waals surface area contributed by atoms with E-state index in [0.29, 0.717) is 11.0 Å². The van der Waals surface area contributed by atoms with Crippen molar-refractivity contribution in [1.29, 1.82) is 0 Å². The van der Waals surface area contributed by atoms with Gasteiger partial charge >= 0.3 is 0 Å². The Labute approximate surface area is 78.4 Å². The summed E-state index contributed by atoms with van der Waals surface area (Å²) in [7, 11) is 0. The van der Waals surface area contributed by atoms with Crippen molar-refractivity contribution >= 4 is 28.3 Å². The molecule has 0 saturated heterocycles. The fraction of sp³-hybridized carbons (Fsp3) is 0. The predicted molar refractivity (Wildman–Crippen MR) is 48.9 cm³/mol. The number of nitrogens with two attached hydrogens (primary N) is 1. The number of anilines is 1. The summed E-state index contributed by atoms with van der Waals surface area (Å²) in [4.78, 5) is 7.68. The summed E-state index contributed by atoms with van der Waals surface area (Å²) in [5.41, 5.74) is 6.23. The van der Waals surface area contributed by atoms with Crippen LogP contribution in [0.4, 0.5) is 10.1 Å². The van der Waals surface area contributed by atoms with Gasteiger partial charge in [0.1, 0.15) is 5.52 Å². The van der Waals surface area contributed by atoms with Crippen LogP contribution < -0.4 is 5.73 Å². The molecule has 0 saturated carbocycles. The third-order valence-corrected chi connectivity index (χ3v) is 1.93. The Morgan fingerprint density at radius 2 is 2.23 bits per heavy atom. The van der Waals surface area contributed by atoms with E-state index in [-0.39, 0.29) is 10.8 Å². The van der Waals surface area contributed by atoms with E-state index in [4.69, 9.17) is 17.3 Å². The summed E-state index contributed by atoms with van der Waals surface area (Å²) in [6, 6.07) is 3.35. The molecule has 0 spiro atoms. The molecule has 0 aliphatic heterocycles. The number of hydrogen-bond donors (Lipinski definition) is 1. The summed E-state index contributed by atoms with van der Waals surface area (Å²) in [6.45, 7) is 0. The molecule has 0 amide bonds. The maximum absolute atomic E-state index is 13.1. The van der Waals surface area contributed by atoms with Crippen LogP contribution in [0.2, 0.25) is 5.15 Å². The SMILES string of the molecule is Nc1c(F)c(Cl)nc2cccnc12. The predicted octanol–water partition coefficient (Wildman–Crippen LogP) is 2.00. The van der Waals surface area contributed by atoms with Gasteiger partial charge in [-0.15, -0.1) is 0 Å². The van der Waals surface area contributed by atoms with Crippen LogP contribution in [-0.2, 0) is 0 Å². The van der Waals surface area contributed by atoms with Crippen LogP contribution in [0.3, 0.4) is 0 Å². The van der Waals surface area contributed by atoms with Crippen LogP contribution in [0.25, 0.3) is 11.0 Å². The number of nitrogen functional groups attached to an aromatic ring is 1. The number of halogens is 2. The van der Waals surface area contributed by atoms with E-state index in [0.717, 1.165) is 0 Å². The topological polar surface area (TPSA) is 51.8 Å². The largest absolute Gasteiger partial charge is 0.394 e. The van der Waals surface area contributed by atoms with E-state index in [1.165, 1.54) is 6.20 Å². The first kappa shape index (κ1) is 8.19. The molecule has 2 aromatic rings. The van der Waals surface area contributed by atoms with Gasteiger partial charge in [0, 0.05) is 6.20 Å². The van der Waals surface area contributed by atoms with Crippen LogP contribution in [0.5, 0.6) is 0 Å². The zero-order valence-electron chi connectivity index (χ0n) is 6.46. The first-order chi connectivity index (χ1) is 6.20. The van der Waals surface area contributed by atoms with Gasteiger partial charge in [0.25, 0.3) is 0 Å². The van der Waals surface area contributed by atoms with Crippen molar-refractivity contribution in [2.75, 3.05) is 5.73 Å². The number of pyridine rings is 2. The van der Waals surface area contributed by atoms with E-state index < -0.39 is 5.82 Å². The summed E-state index contributed by atoms with van der Waals surface area (Å²) in [6.07, 6.45) is 1.52. The van der Waals surface area contributed by atoms with Gasteiger partial charge in [0.2, 0.25) is 0 Å². The molecule has 0 bridgehead atoms. The maximum Gasteiger partial charge on any atom is 0.185 e. The number of hydrogen-bond acceptors (Lipinski definition) is 3. The van der Waals surface area contributed by atoms with Crippen molar-refractivity contribution in [2.24, 2.45) is 0 Å². The molecule has 2 rings (SSSR count). The average Bonchev–Trinajstić information content (AvgIpc) is 2.15. The molecule has 2 N–H and O–H groups in total. The smallest absolute Gasteiger partial charge is 0.185 e. The standard InChI is InChI=1S/C8H5ClFN3/c9-8-5(10)6(11)7-4(13-8)2-1-3-12-7/h1-3H,(H2,11,13).